The molecule has 0 bridgehead atoms. The molecule has 0 aliphatic carbocycles. The van der Waals surface area contributed by atoms with E-state index in [-0.39, 0.29) is 0 Å². The van der Waals surface area contributed by atoms with Crippen LogP contribution in [0, 0.1) is 0 Å². The van der Waals surface area contributed by atoms with E-state index in [1.807, 2.05) is 12.1 Å². The van der Waals surface area contributed by atoms with Gasteiger partial charge in [-0.05, 0) is 18.6 Å². The summed E-state index contributed by atoms with van der Waals surface area (Å²) in [5, 5.41) is 3.83. The van der Waals surface area contributed by atoms with Crippen molar-refractivity contribution in [1.29, 1.82) is 0 Å². The molecule has 1 rings (SSSR count). The average molecular weight is 229 g/mol. The second-order valence-electron chi connectivity index (χ2n) is 2.95. The number of rotatable bonds is 4. The first-order valence-electron chi connectivity index (χ1n) is 4.49. The number of hydrogen-bond donors (Lipinski definition) is 2. The molecule has 0 spiro atoms. The Morgan fingerprint density at radius 3 is 2.86 bits per heavy atom. The summed E-state index contributed by atoms with van der Waals surface area (Å²) in [5.41, 5.74) is 7.24. The third kappa shape index (κ3) is 2.59. The van der Waals surface area contributed by atoms with Crippen LogP contribution in [0.1, 0.15) is 18.9 Å². The van der Waals surface area contributed by atoms with Crippen LogP contribution in [0.5, 0.6) is 0 Å². The van der Waals surface area contributed by atoms with Crippen LogP contribution < -0.4 is 11.1 Å². The van der Waals surface area contributed by atoms with Gasteiger partial charge in [-0.25, -0.2) is 0 Å². The number of halogens is 1. The SMILES string of the molecule is CCCNc1cccc(Cl)c1C(N)=S. The lowest BCUT2D eigenvalue weighted by atomic mass is 10.1. The Labute approximate surface area is 94.4 Å². The second-order valence-corrected chi connectivity index (χ2v) is 3.80. The Morgan fingerprint density at radius 1 is 1.57 bits per heavy atom. The standard InChI is InChI=1S/C10H13ClN2S/c1-2-6-13-8-5-3-4-7(11)9(8)10(12)14/h3-5,13H,2,6H2,1H3,(H2,12,14). The molecule has 0 fully saturated rings. The second kappa shape index (κ2) is 5.17. The smallest absolute Gasteiger partial charge is 0.107 e. The molecule has 2 nitrogen and oxygen atoms in total. The van der Waals surface area contributed by atoms with Gasteiger partial charge >= 0.3 is 0 Å². The molecule has 0 amide bonds. The molecule has 0 atom stereocenters. The fraction of sp³-hybridized carbons (Fsp3) is 0.300. The highest BCUT2D eigenvalue weighted by molar-refractivity contribution is 7.80. The molecule has 0 radical (unpaired) electrons. The van der Waals surface area contributed by atoms with Crippen molar-refractivity contribution in [2.45, 2.75) is 13.3 Å². The maximum Gasteiger partial charge on any atom is 0.107 e. The van der Waals surface area contributed by atoms with E-state index >= 15 is 0 Å². The van der Waals surface area contributed by atoms with E-state index in [0.29, 0.717) is 10.0 Å². The highest BCUT2D eigenvalue weighted by atomic mass is 35.5. The third-order valence-corrected chi connectivity index (χ3v) is 2.34. The molecule has 0 saturated heterocycles. The van der Waals surface area contributed by atoms with E-state index in [0.717, 1.165) is 24.2 Å². The summed E-state index contributed by atoms with van der Waals surface area (Å²) >= 11 is 10.9. The lowest BCUT2D eigenvalue weighted by Crippen LogP contribution is -2.14. The van der Waals surface area contributed by atoms with Crippen molar-refractivity contribution in [2.24, 2.45) is 5.73 Å². The fourth-order valence-corrected chi connectivity index (χ4v) is 1.73. The number of nitrogens with two attached hydrogens (primary N) is 1. The molecule has 4 heteroatoms. The zero-order valence-electron chi connectivity index (χ0n) is 8.01. The van der Waals surface area contributed by atoms with Crippen molar-refractivity contribution in [2.75, 3.05) is 11.9 Å². The molecule has 1 aromatic carbocycles. The van der Waals surface area contributed by atoms with Crippen LogP contribution in [0.2, 0.25) is 5.02 Å². The maximum atomic E-state index is 6.00. The Morgan fingerprint density at radius 2 is 2.29 bits per heavy atom. The summed E-state index contributed by atoms with van der Waals surface area (Å²) in [6.07, 6.45) is 1.04. The van der Waals surface area contributed by atoms with Gasteiger partial charge in [0.1, 0.15) is 4.99 Å². The first kappa shape index (κ1) is 11.3. The summed E-state index contributed by atoms with van der Waals surface area (Å²) in [4.78, 5) is 0.328. The van der Waals surface area contributed by atoms with Crippen LogP contribution in [0.25, 0.3) is 0 Å². The van der Waals surface area contributed by atoms with Gasteiger partial charge in [-0.3, -0.25) is 0 Å². The van der Waals surface area contributed by atoms with E-state index < -0.39 is 0 Å². The Hall–Kier alpha value is -0.800. The zero-order valence-corrected chi connectivity index (χ0v) is 9.58. The van der Waals surface area contributed by atoms with E-state index in [4.69, 9.17) is 29.6 Å². The molecule has 0 aliphatic rings. The first-order chi connectivity index (χ1) is 6.66. The molecule has 3 N–H and O–H groups in total. The van der Waals surface area contributed by atoms with Crippen molar-refractivity contribution >= 4 is 34.5 Å². The predicted molar refractivity (Wildman–Crippen MR) is 66.1 cm³/mol. The minimum absolute atomic E-state index is 0.328. The summed E-state index contributed by atoms with van der Waals surface area (Å²) in [6.45, 7) is 2.98. The first-order valence-corrected chi connectivity index (χ1v) is 5.27. The molecular formula is C10H13ClN2S. The van der Waals surface area contributed by atoms with Crippen LogP contribution in [0.4, 0.5) is 5.69 Å². The van der Waals surface area contributed by atoms with Gasteiger partial charge in [0.05, 0.1) is 10.6 Å². The highest BCUT2D eigenvalue weighted by Gasteiger charge is 2.08. The zero-order chi connectivity index (χ0) is 10.6. The highest BCUT2D eigenvalue weighted by Crippen LogP contribution is 2.24. The lowest BCUT2D eigenvalue weighted by Gasteiger charge is -2.11. The molecule has 0 heterocycles. The Balaban J connectivity index is 3.02. The minimum atomic E-state index is 0.328. The maximum absolute atomic E-state index is 6.00. The molecule has 0 aliphatic heterocycles. The largest absolute Gasteiger partial charge is 0.389 e. The topological polar surface area (TPSA) is 38.0 Å². The van der Waals surface area contributed by atoms with Gasteiger partial charge < -0.3 is 11.1 Å². The van der Waals surface area contributed by atoms with Crippen molar-refractivity contribution in [3.63, 3.8) is 0 Å². The van der Waals surface area contributed by atoms with Gasteiger partial charge in [-0.1, -0.05) is 36.8 Å². The molecule has 0 saturated carbocycles. The van der Waals surface area contributed by atoms with Gasteiger partial charge in [0.25, 0.3) is 0 Å². The fourth-order valence-electron chi connectivity index (χ4n) is 1.18. The lowest BCUT2D eigenvalue weighted by molar-refractivity contribution is 0.979. The molecule has 14 heavy (non-hydrogen) atoms. The van der Waals surface area contributed by atoms with Gasteiger partial charge in [-0.2, -0.15) is 0 Å². The van der Waals surface area contributed by atoms with Crippen molar-refractivity contribution < 1.29 is 0 Å². The van der Waals surface area contributed by atoms with Gasteiger partial charge in [0.2, 0.25) is 0 Å². The van der Waals surface area contributed by atoms with Crippen molar-refractivity contribution in [3.8, 4) is 0 Å². The molecule has 76 valence electrons. The van der Waals surface area contributed by atoms with E-state index in [1.54, 1.807) is 6.07 Å². The third-order valence-electron chi connectivity index (χ3n) is 1.83. The monoisotopic (exact) mass is 228 g/mol. The molecule has 0 unspecified atom stereocenters. The molecule has 0 aromatic heterocycles. The van der Waals surface area contributed by atoms with Gasteiger partial charge in [-0.15, -0.1) is 0 Å². The van der Waals surface area contributed by atoms with Crippen LogP contribution >= 0.6 is 23.8 Å². The summed E-state index contributed by atoms with van der Waals surface area (Å²) in [6, 6.07) is 5.59. The Kier molecular flexibility index (Phi) is 4.17. The number of hydrogen-bond acceptors (Lipinski definition) is 2. The van der Waals surface area contributed by atoms with Crippen molar-refractivity contribution in [1.82, 2.24) is 0 Å². The van der Waals surface area contributed by atoms with Crippen molar-refractivity contribution in [3.05, 3.63) is 28.8 Å². The van der Waals surface area contributed by atoms with E-state index in [2.05, 4.69) is 12.2 Å². The predicted octanol–water partition coefficient (Wildman–Crippen LogP) is 2.80. The van der Waals surface area contributed by atoms with Gasteiger partial charge in [0.15, 0.2) is 0 Å². The normalized spacial score (nSPS) is 9.86. The van der Waals surface area contributed by atoms with Crippen LogP contribution in [-0.2, 0) is 0 Å². The van der Waals surface area contributed by atoms with Gasteiger partial charge in [0, 0.05) is 12.2 Å². The Bertz CT molecular complexity index is 339. The molecular weight excluding hydrogens is 216 g/mol. The summed E-state index contributed by atoms with van der Waals surface area (Å²) in [7, 11) is 0. The van der Waals surface area contributed by atoms with Crippen LogP contribution in [0.3, 0.4) is 0 Å². The summed E-state index contributed by atoms with van der Waals surface area (Å²) in [5.74, 6) is 0. The van der Waals surface area contributed by atoms with Crippen LogP contribution in [0.15, 0.2) is 18.2 Å². The average Bonchev–Trinajstić information content (AvgIpc) is 2.14. The quantitative estimate of drug-likeness (QED) is 0.779. The summed E-state index contributed by atoms with van der Waals surface area (Å²) < 4.78 is 0. The number of thiocarbonyl (C=S) groups is 1. The number of benzene rings is 1. The number of anilines is 1. The van der Waals surface area contributed by atoms with E-state index in [9.17, 15) is 0 Å². The molecule has 1 aromatic rings. The van der Waals surface area contributed by atoms with E-state index in [1.165, 1.54) is 0 Å². The number of nitrogens with one attached hydrogen (secondary N) is 1. The minimum Gasteiger partial charge on any atom is -0.389 e. The van der Waals surface area contributed by atoms with Crippen LogP contribution in [-0.4, -0.2) is 11.5 Å².